The molecule has 0 radical (unpaired) electrons. The molecule has 0 aliphatic heterocycles. The van der Waals surface area contributed by atoms with Gasteiger partial charge >= 0.3 is 0 Å². The van der Waals surface area contributed by atoms with E-state index in [0.29, 0.717) is 13.0 Å². The monoisotopic (exact) mass is 313 g/mol. The van der Waals surface area contributed by atoms with E-state index >= 15 is 0 Å². The Kier molecular flexibility index (Phi) is 6.54. The molecule has 0 aliphatic rings. The van der Waals surface area contributed by atoms with Gasteiger partial charge in [-0.15, -0.1) is 0 Å². The van der Waals surface area contributed by atoms with Gasteiger partial charge in [-0.05, 0) is 39.1 Å². The van der Waals surface area contributed by atoms with E-state index in [2.05, 4.69) is 15.9 Å². The molecule has 0 saturated heterocycles. The van der Waals surface area contributed by atoms with Crippen LogP contribution in [0.4, 0.5) is 0 Å². The molecule has 4 heteroatoms. The summed E-state index contributed by atoms with van der Waals surface area (Å²) in [5, 5.41) is 9.22. The first kappa shape index (κ1) is 15.3. The van der Waals surface area contributed by atoms with Gasteiger partial charge in [-0.3, -0.25) is 4.79 Å². The molecule has 18 heavy (non-hydrogen) atoms. The van der Waals surface area contributed by atoms with E-state index < -0.39 is 0 Å². The Bertz CT molecular complexity index is 376. The minimum Gasteiger partial charge on any atom is -0.392 e. The molecular formula is C14H20BrNO2. The fraction of sp³-hybridized carbons (Fsp3) is 0.500. The molecule has 1 aromatic rings. The number of halogens is 1. The molecule has 0 saturated carbocycles. The maximum atomic E-state index is 11.9. The second-order valence-electron chi connectivity index (χ2n) is 4.64. The van der Waals surface area contributed by atoms with Crippen molar-refractivity contribution in [1.82, 2.24) is 4.90 Å². The fourth-order valence-electron chi connectivity index (χ4n) is 1.83. The first-order valence-electron chi connectivity index (χ1n) is 6.14. The summed E-state index contributed by atoms with van der Waals surface area (Å²) in [6.45, 7) is 3.24. The zero-order chi connectivity index (χ0) is 13.5. The van der Waals surface area contributed by atoms with Crippen LogP contribution < -0.4 is 0 Å². The molecule has 0 bridgehead atoms. The number of benzene rings is 1. The average Bonchev–Trinajstić information content (AvgIpc) is 2.28. The summed E-state index contributed by atoms with van der Waals surface area (Å²) in [7, 11) is 1.96. The van der Waals surface area contributed by atoms with E-state index in [1.807, 2.05) is 36.2 Å². The quantitative estimate of drug-likeness (QED) is 0.787. The number of carbonyl (C=O) groups excluding carboxylic acids is 1. The molecule has 0 fully saturated rings. The number of ketones is 1. The highest BCUT2D eigenvalue weighted by Crippen LogP contribution is 2.12. The van der Waals surface area contributed by atoms with Crippen LogP contribution in [0.15, 0.2) is 28.7 Å². The number of aliphatic hydroxyl groups excluding tert-OH is 1. The van der Waals surface area contributed by atoms with Crippen LogP contribution in [0.5, 0.6) is 0 Å². The highest BCUT2D eigenvalue weighted by atomic mass is 79.9. The number of nitrogens with zero attached hydrogens (tertiary/aromatic N) is 1. The Labute approximate surface area is 117 Å². The second-order valence-corrected chi connectivity index (χ2v) is 5.56. The number of hydrogen-bond acceptors (Lipinski definition) is 3. The van der Waals surface area contributed by atoms with Crippen molar-refractivity contribution in [3.05, 3.63) is 34.3 Å². The Morgan fingerprint density at radius 2 is 2.00 bits per heavy atom. The molecule has 1 N–H and O–H groups in total. The highest BCUT2D eigenvalue weighted by molar-refractivity contribution is 9.10. The van der Waals surface area contributed by atoms with Crippen LogP contribution in [0.2, 0.25) is 0 Å². The molecule has 3 nitrogen and oxygen atoms in total. The standard InChI is InChI=1S/C14H20BrNO2/c1-11(17)10-16(2)9-3-4-14(18)12-5-7-13(15)8-6-12/h5-8,11,17H,3-4,9-10H2,1-2H3. The van der Waals surface area contributed by atoms with Crippen LogP contribution in [-0.2, 0) is 0 Å². The zero-order valence-corrected chi connectivity index (χ0v) is 12.5. The van der Waals surface area contributed by atoms with Crippen molar-refractivity contribution in [3.8, 4) is 0 Å². The van der Waals surface area contributed by atoms with E-state index in [4.69, 9.17) is 0 Å². The zero-order valence-electron chi connectivity index (χ0n) is 10.9. The largest absolute Gasteiger partial charge is 0.392 e. The number of carbonyl (C=O) groups is 1. The van der Waals surface area contributed by atoms with Gasteiger partial charge in [0.25, 0.3) is 0 Å². The van der Waals surface area contributed by atoms with Crippen LogP contribution in [0.25, 0.3) is 0 Å². The summed E-state index contributed by atoms with van der Waals surface area (Å²) in [5.74, 6) is 0.174. The average molecular weight is 314 g/mol. The van der Waals surface area contributed by atoms with E-state index in [0.717, 1.165) is 23.0 Å². The summed E-state index contributed by atoms with van der Waals surface area (Å²) >= 11 is 3.35. The van der Waals surface area contributed by atoms with Gasteiger partial charge in [0.2, 0.25) is 0 Å². The maximum Gasteiger partial charge on any atom is 0.162 e. The Morgan fingerprint density at radius 1 is 1.39 bits per heavy atom. The van der Waals surface area contributed by atoms with E-state index in [1.165, 1.54) is 0 Å². The summed E-state index contributed by atoms with van der Waals surface area (Å²) in [5.41, 5.74) is 0.761. The van der Waals surface area contributed by atoms with Gasteiger partial charge in [-0.1, -0.05) is 28.1 Å². The lowest BCUT2D eigenvalue weighted by molar-refractivity contribution is 0.0971. The molecule has 1 atom stereocenters. The van der Waals surface area contributed by atoms with E-state index in [9.17, 15) is 9.90 Å². The number of rotatable bonds is 7. The van der Waals surface area contributed by atoms with Crippen molar-refractivity contribution in [1.29, 1.82) is 0 Å². The summed E-state index contributed by atoms with van der Waals surface area (Å²) in [4.78, 5) is 13.9. The molecule has 1 rings (SSSR count). The molecule has 0 aliphatic carbocycles. The van der Waals surface area contributed by atoms with Gasteiger partial charge in [0.05, 0.1) is 6.10 Å². The van der Waals surface area contributed by atoms with Crippen molar-refractivity contribution in [3.63, 3.8) is 0 Å². The van der Waals surface area contributed by atoms with Crippen molar-refractivity contribution in [2.24, 2.45) is 0 Å². The third-order valence-corrected chi connectivity index (χ3v) is 3.21. The topological polar surface area (TPSA) is 40.5 Å². The van der Waals surface area contributed by atoms with Gasteiger partial charge < -0.3 is 10.0 Å². The van der Waals surface area contributed by atoms with Crippen LogP contribution in [0.3, 0.4) is 0 Å². The molecule has 100 valence electrons. The molecule has 0 amide bonds. The smallest absolute Gasteiger partial charge is 0.162 e. The molecule has 0 aromatic heterocycles. The molecule has 1 aromatic carbocycles. The first-order chi connectivity index (χ1) is 8.49. The highest BCUT2D eigenvalue weighted by Gasteiger charge is 2.07. The van der Waals surface area contributed by atoms with Gasteiger partial charge in [-0.25, -0.2) is 0 Å². The first-order valence-corrected chi connectivity index (χ1v) is 6.93. The van der Waals surface area contributed by atoms with Gasteiger partial charge in [-0.2, -0.15) is 0 Å². The third kappa shape index (κ3) is 5.76. The number of likely N-dealkylation sites (N-methyl/N-ethyl adjacent to an activating group) is 1. The lowest BCUT2D eigenvalue weighted by Crippen LogP contribution is -2.28. The number of hydrogen-bond donors (Lipinski definition) is 1. The van der Waals surface area contributed by atoms with Crippen molar-refractivity contribution < 1.29 is 9.90 Å². The van der Waals surface area contributed by atoms with Crippen LogP contribution >= 0.6 is 15.9 Å². The number of aliphatic hydroxyl groups is 1. The van der Waals surface area contributed by atoms with Gasteiger partial charge in [0.15, 0.2) is 5.78 Å². The summed E-state index contributed by atoms with van der Waals surface area (Å²) in [6.07, 6.45) is 1.04. The fourth-order valence-corrected chi connectivity index (χ4v) is 2.10. The third-order valence-electron chi connectivity index (χ3n) is 2.69. The number of Topliss-reactive ketones (excluding diaryl/α,β-unsaturated/α-hetero) is 1. The van der Waals surface area contributed by atoms with Crippen LogP contribution in [-0.4, -0.2) is 42.0 Å². The van der Waals surface area contributed by atoms with Gasteiger partial charge in [0, 0.05) is 23.0 Å². The SMILES string of the molecule is CC(O)CN(C)CCCC(=O)c1ccc(Br)cc1. The predicted octanol–water partition coefficient (Wildman–Crippen LogP) is 2.72. The van der Waals surface area contributed by atoms with Crippen molar-refractivity contribution in [2.45, 2.75) is 25.9 Å². The lowest BCUT2D eigenvalue weighted by atomic mass is 10.1. The van der Waals surface area contributed by atoms with E-state index in [-0.39, 0.29) is 11.9 Å². The van der Waals surface area contributed by atoms with Crippen molar-refractivity contribution >= 4 is 21.7 Å². The van der Waals surface area contributed by atoms with E-state index in [1.54, 1.807) is 6.92 Å². The molecule has 0 spiro atoms. The second kappa shape index (κ2) is 7.67. The Hall–Kier alpha value is -0.710. The summed E-state index contributed by atoms with van der Waals surface area (Å²) in [6, 6.07) is 7.44. The molecule has 0 heterocycles. The normalized spacial score (nSPS) is 12.7. The summed E-state index contributed by atoms with van der Waals surface area (Å²) < 4.78 is 0.982. The Morgan fingerprint density at radius 3 is 2.56 bits per heavy atom. The molecule has 1 unspecified atom stereocenters. The molecular weight excluding hydrogens is 294 g/mol. The van der Waals surface area contributed by atoms with Crippen LogP contribution in [0.1, 0.15) is 30.1 Å². The predicted molar refractivity (Wildman–Crippen MR) is 76.9 cm³/mol. The van der Waals surface area contributed by atoms with Crippen LogP contribution in [0, 0.1) is 0 Å². The van der Waals surface area contributed by atoms with Crippen molar-refractivity contribution in [2.75, 3.05) is 20.1 Å². The minimum absolute atomic E-state index is 0.174. The maximum absolute atomic E-state index is 11.9. The minimum atomic E-state index is -0.322. The van der Waals surface area contributed by atoms with Gasteiger partial charge in [0.1, 0.15) is 0 Å². The Balaban J connectivity index is 2.31. The lowest BCUT2D eigenvalue weighted by Gasteiger charge is -2.17.